The molecule has 0 atom stereocenters. The number of pyridine rings is 2. The van der Waals surface area contributed by atoms with Gasteiger partial charge in [-0.15, -0.1) is 0 Å². The van der Waals surface area contributed by atoms with Crippen LogP contribution in [0.3, 0.4) is 0 Å². The van der Waals surface area contributed by atoms with E-state index < -0.39 is 0 Å². The van der Waals surface area contributed by atoms with Crippen LogP contribution in [0.4, 0.5) is 0 Å². The number of rotatable bonds is 3. The SMILES string of the molecule is CC1(C)c2ccc(-n3c4ccccc4c4cc(-c5ccc6c(c5)c5ccccc5n6-c5ccc6c(c5)-c5ncccc5C6(C)C)ccc43)cc2-c2ncccc21. The lowest BCUT2D eigenvalue weighted by atomic mass is 9.83. The number of hydrogen-bond donors (Lipinski definition) is 0. The Balaban J connectivity index is 1.01. The molecule has 2 aliphatic carbocycles. The van der Waals surface area contributed by atoms with Crippen LogP contribution < -0.4 is 0 Å². The van der Waals surface area contributed by atoms with Crippen molar-refractivity contribution in [1.82, 2.24) is 19.1 Å². The molecule has 0 saturated heterocycles. The highest BCUT2D eigenvalue weighted by Gasteiger charge is 2.37. The van der Waals surface area contributed by atoms with E-state index >= 15 is 0 Å². The fourth-order valence-corrected chi connectivity index (χ4v) is 10.2. The van der Waals surface area contributed by atoms with Gasteiger partial charge in [-0.1, -0.05) is 100 Å². The Morgan fingerprint density at radius 1 is 0.375 bits per heavy atom. The molecule has 56 heavy (non-hydrogen) atoms. The lowest BCUT2D eigenvalue weighted by Crippen LogP contribution is -2.15. The number of benzene rings is 6. The zero-order chi connectivity index (χ0) is 37.5. The van der Waals surface area contributed by atoms with Crippen molar-refractivity contribution < 1.29 is 0 Å². The van der Waals surface area contributed by atoms with Crippen LogP contribution in [0.25, 0.3) is 88.6 Å². The third-order valence-electron chi connectivity index (χ3n) is 13.0. The summed E-state index contributed by atoms with van der Waals surface area (Å²) in [6.07, 6.45) is 3.83. The highest BCUT2D eigenvalue weighted by atomic mass is 15.0. The van der Waals surface area contributed by atoms with Crippen LogP contribution in [0.1, 0.15) is 49.9 Å². The second-order valence-corrected chi connectivity index (χ2v) is 16.7. The lowest BCUT2D eigenvalue weighted by molar-refractivity contribution is 0.658. The van der Waals surface area contributed by atoms with Crippen molar-refractivity contribution in [2.45, 2.75) is 38.5 Å². The Morgan fingerprint density at radius 2 is 0.804 bits per heavy atom. The van der Waals surface area contributed by atoms with E-state index in [1.165, 1.54) is 88.1 Å². The van der Waals surface area contributed by atoms with Crippen LogP contribution >= 0.6 is 0 Å². The molecule has 10 aromatic rings. The number of para-hydroxylation sites is 2. The summed E-state index contributed by atoms with van der Waals surface area (Å²) in [4.78, 5) is 9.72. The predicted octanol–water partition coefficient (Wildman–Crippen LogP) is 13.0. The molecule has 0 saturated carbocycles. The van der Waals surface area contributed by atoms with Crippen LogP contribution in [0.15, 0.2) is 158 Å². The molecule has 0 spiro atoms. The van der Waals surface area contributed by atoms with E-state index in [1.807, 2.05) is 12.4 Å². The van der Waals surface area contributed by atoms with Gasteiger partial charge in [0.15, 0.2) is 0 Å². The highest BCUT2D eigenvalue weighted by molar-refractivity contribution is 6.13. The molecule has 0 N–H and O–H groups in total. The fraction of sp³-hybridized carbons (Fsp3) is 0.115. The average molecular weight is 719 g/mol. The number of aromatic nitrogens is 4. The molecule has 0 radical (unpaired) electrons. The monoisotopic (exact) mass is 718 g/mol. The summed E-state index contributed by atoms with van der Waals surface area (Å²) in [5, 5.41) is 4.99. The minimum Gasteiger partial charge on any atom is -0.309 e. The Morgan fingerprint density at radius 3 is 1.27 bits per heavy atom. The lowest BCUT2D eigenvalue weighted by Gasteiger charge is -2.21. The van der Waals surface area contributed by atoms with E-state index in [1.54, 1.807) is 0 Å². The molecule has 4 aromatic heterocycles. The average Bonchev–Trinajstić information content (AvgIpc) is 3.89. The summed E-state index contributed by atoms with van der Waals surface area (Å²) in [7, 11) is 0. The Bertz CT molecular complexity index is 3090. The minimum absolute atomic E-state index is 0.0807. The van der Waals surface area contributed by atoms with E-state index in [-0.39, 0.29) is 10.8 Å². The normalized spacial score (nSPS) is 14.7. The molecule has 12 rings (SSSR count). The molecule has 0 aliphatic heterocycles. The van der Waals surface area contributed by atoms with E-state index in [2.05, 4.69) is 182 Å². The minimum atomic E-state index is -0.0807. The summed E-state index contributed by atoms with van der Waals surface area (Å²) in [5.41, 5.74) is 19.2. The van der Waals surface area contributed by atoms with Crippen molar-refractivity contribution in [1.29, 1.82) is 0 Å². The maximum atomic E-state index is 4.86. The largest absolute Gasteiger partial charge is 0.309 e. The van der Waals surface area contributed by atoms with Gasteiger partial charge in [0.2, 0.25) is 0 Å². The molecule has 0 fully saturated rings. The van der Waals surface area contributed by atoms with Gasteiger partial charge in [-0.25, -0.2) is 0 Å². The molecule has 4 heterocycles. The van der Waals surface area contributed by atoms with Crippen molar-refractivity contribution in [2.24, 2.45) is 0 Å². The van der Waals surface area contributed by atoms with Crippen LogP contribution in [0.2, 0.25) is 0 Å². The summed E-state index contributed by atoms with van der Waals surface area (Å²) < 4.78 is 4.84. The van der Waals surface area contributed by atoms with E-state index in [9.17, 15) is 0 Å². The Labute approximate surface area is 325 Å². The fourth-order valence-electron chi connectivity index (χ4n) is 10.2. The first-order valence-corrected chi connectivity index (χ1v) is 19.6. The van der Waals surface area contributed by atoms with Gasteiger partial charge >= 0.3 is 0 Å². The van der Waals surface area contributed by atoms with E-state index in [0.717, 1.165) is 22.8 Å². The molecule has 2 aliphatic rings. The number of fused-ring (bicyclic) bond motifs is 12. The molecule has 4 nitrogen and oxygen atoms in total. The van der Waals surface area contributed by atoms with Gasteiger partial charge in [-0.3, -0.25) is 9.97 Å². The quantitative estimate of drug-likeness (QED) is 0.182. The molecular weight excluding hydrogens is 681 g/mol. The van der Waals surface area contributed by atoms with Crippen LogP contribution in [0, 0.1) is 0 Å². The molecule has 0 bridgehead atoms. The predicted molar refractivity (Wildman–Crippen MR) is 231 cm³/mol. The standard InChI is InChI=1S/C52H38N4/c1-51(2)41-21-19-33(29-39(41)49-43(51)13-9-25-53-49)55-45-15-7-5-11-35(45)37-27-31(17-23-47(37)55)32-18-24-48-38(28-32)36-12-6-8-16-46(36)56(48)34-20-22-42-40(30-34)50-44(52(42,3)4)14-10-26-54-50/h5-30H,1-4H3. The van der Waals surface area contributed by atoms with Gasteiger partial charge < -0.3 is 9.13 Å². The second kappa shape index (κ2) is 10.9. The topological polar surface area (TPSA) is 35.6 Å². The van der Waals surface area contributed by atoms with Crippen molar-refractivity contribution in [2.75, 3.05) is 0 Å². The zero-order valence-corrected chi connectivity index (χ0v) is 31.8. The number of nitrogens with zero attached hydrogens (tertiary/aromatic N) is 4. The van der Waals surface area contributed by atoms with Crippen LogP contribution in [-0.2, 0) is 10.8 Å². The van der Waals surface area contributed by atoms with Crippen LogP contribution in [-0.4, -0.2) is 19.1 Å². The van der Waals surface area contributed by atoms with Gasteiger partial charge in [-0.05, 0) is 106 Å². The first-order chi connectivity index (χ1) is 27.3. The third kappa shape index (κ3) is 4.08. The van der Waals surface area contributed by atoms with Crippen molar-refractivity contribution >= 4 is 43.6 Å². The summed E-state index contributed by atoms with van der Waals surface area (Å²) >= 11 is 0. The Kier molecular flexibility index (Phi) is 6.15. The van der Waals surface area contributed by atoms with Gasteiger partial charge in [0.05, 0.1) is 33.5 Å². The second-order valence-electron chi connectivity index (χ2n) is 16.7. The van der Waals surface area contributed by atoms with Gasteiger partial charge in [0.1, 0.15) is 0 Å². The van der Waals surface area contributed by atoms with E-state index in [4.69, 9.17) is 9.97 Å². The number of hydrogen-bond acceptors (Lipinski definition) is 2. The molecule has 0 amide bonds. The smallest absolute Gasteiger partial charge is 0.0746 e. The van der Waals surface area contributed by atoms with Crippen molar-refractivity contribution in [3.8, 4) is 45.0 Å². The summed E-state index contributed by atoms with van der Waals surface area (Å²) in [5.74, 6) is 0. The van der Waals surface area contributed by atoms with Gasteiger partial charge in [0, 0.05) is 67.3 Å². The maximum Gasteiger partial charge on any atom is 0.0746 e. The molecule has 266 valence electrons. The Hall–Kier alpha value is -6.78. The zero-order valence-electron chi connectivity index (χ0n) is 31.8. The third-order valence-corrected chi connectivity index (χ3v) is 13.0. The van der Waals surface area contributed by atoms with Crippen molar-refractivity contribution in [3.63, 3.8) is 0 Å². The molecule has 0 unspecified atom stereocenters. The molecular formula is C52H38N4. The van der Waals surface area contributed by atoms with Crippen molar-refractivity contribution in [3.05, 3.63) is 180 Å². The summed E-state index contributed by atoms with van der Waals surface area (Å²) in [6.45, 7) is 9.22. The summed E-state index contributed by atoms with van der Waals surface area (Å²) in [6, 6.07) is 54.0. The highest BCUT2D eigenvalue weighted by Crippen LogP contribution is 2.50. The van der Waals surface area contributed by atoms with Gasteiger partial charge in [0.25, 0.3) is 0 Å². The van der Waals surface area contributed by atoms with Gasteiger partial charge in [-0.2, -0.15) is 0 Å². The maximum absolute atomic E-state index is 4.86. The first-order valence-electron chi connectivity index (χ1n) is 19.6. The van der Waals surface area contributed by atoms with Crippen LogP contribution in [0.5, 0.6) is 0 Å². The first kappa shape index (κ1) is 31.6. The van der Waals surface area contributed by atoms with E-state index in [0.29, 0.717) is 0 Å². The molecule has 4 heteroatoms. The molecule has 6 aromatic carbocycles.